The molecule has 0 spiro atoms. The number of rotatable bonds is 11. The van der Waals surface area contributed by atoms with Crippen LogP contribution in [-0.2, 0) is 38.6 Å². The molecule has 2 aliphatic heterocycles. The molecule has 0 aliphatic carbocycles. The van der Waals surface area contributed by atoms with E-state index in [2.05, 4.69) is 38.6 Å². The van der Waals surface area contributed by atoms with Gasteiger partial charge in [0.15, 0.2) is 0 Å². The maximum Gasteiger partial charge on any atom is 0.323 e. The van der Waals surface area contributed by atoms with Crippen molar-refractivity contribution in [3.8, 4) is 17.0 Å². The molecule has 2 N–H and O–H groups in total. The molecule has 2 aliphatic rings. The number of pyridine rings is 1. The second-order valence-electron chi connectivity index (χ2n) is 10.8. The summed E-state index contributed by atoms with van der Waals surface area (Å²) in [5.41, 5.74) is 5.87. The van der Waals surface area contributed by atoms with Gasteiger partial charge in [-0.05, 0) is 60.2 Å². The largest absolute Gasteiger partial charge is 0.488 e. The van der Waals surface area contributed by atoms with Gasteiger partial charge in [-0.1, -0.05) is 36.4 Å². The highest BCUT2D eigenvalue weighted by Crippen LogP contribution is 2.34. The standard InChI is InChI=1S/C33H37N5O6/c1-21-6-4-7-25(27-8-5-9-30(35-27)36-33(42-3)26(17-34)32(39)37-40)31(21)44-19-22-10-11-24-18-38(14-12-23(24)16-22)28-13-15-43-20-29(28)41-2/h4-11,16-17,28-29,34H,12-15,18-20H2,1-3H3,(H,35,36)/b33-26-,34-17?. The number of nitrogens with zero attached hydrogens (tertiary/aromatic N) is 3. The van der Waals surface area contributed by atoms with E-state index in [1.807, 2.05) is 31.2 Å². The van der Waals surface area contributed by atoms with Gasteiger partial charge < -0.3 is 29.7 Å². The van der Waals surface area contributed by atoms with Crippen molar-refractivity contribution in [2.24, 2.45) is 5.18 Å². The first kappa shape index (κ1) is 31.0. The van der Waals surface area contributed by atoms with Gasteiger partial charge in [-0.25, -0.2) is 4.98 Å². The topological polar surface area (TPSA) is 135 Å². The number of carbonyl (C=O) groups excluding carboxylic acids is 1. The van der Waals surface area contributed by atoms with Gasteiger partial charge in [0.05, 0.1) is 25.5 Å². The number of carbonyl (C=O) groups is 1. The number of amides is 1. The molecule has 0 radical (unpaired) electrons. The van der Waals surface area contributed by atoms with Crippen LogP contribution in [0.2, 0.25) is 0 Å². The minimum atomic E-state index is -1.12. The number of fused-ring (bicyclic) bond motifs is 1. The van der Waals surface area contributed by atoms with Crippen LogP contribution in [0.5, 0.6) is 5.75 Å². The summed E-state index contributed by atoms with van der Waals surface area (Å²) in [6, 6.07) is 18.2. The van der Waals surface area contributed by atoms with Crippen molar-refractivity contribution < 1.29 is 23.7 Å². The molecule has 0 saturated carbocycles. The Morgan fingerprint density at radius 3 is 2.80 bits per heavy atom. The maximum absolute atomic E-state index is 11.8. The first-order chi connectivity index (χ1) is 21.4. The number of hydrogen-bond donors (Lipinski definition) is 2. The fraction of sp³-hybridized carbons (Fsp3) is 0.364. The van der Waals surface area contributed by atoms with Crippen LogP contribution in [0.4, 0.5) is 5.82 Å². The molecular weight excluding hydrogens is 562 g/mol. The maximum atomic E-state index is 11.8. The van der Waals surface area contributed by atoms with Gasteiger partial charge >= 0.3 is 5.91 Å². The predicted octanol–water partition coefficient (Wildman–Crippen LogP) is 5.01. The summed E-state index contributed by atoms with van der Waals surface area (Å²) < 4.78 is 23.0. The molecular formula is C33H37N5O6. The van der Waals surface area contributed by atoms with Crippen molar-refractivity contribution in [3.63, 3.8) is 0 Å². The van der Waals surface area contributed by atoms with E-state index >= 15 is 0 Å². The van der Waals surface area contributed by atoms with Crippen LogP contribution >= 0.6 is 0 Å². The predicted molar refractivity (Wildman–Crippen MR) is 167 cm³/mol. The lowest BCUT2D eigenvalue weighted by Gasteiger charge is -2.41. The first-order valence-corrected chi connectivity index (χ1v) is 14.5. The number of methoxy groups -OCH3 is 2. The number of para-hydroxylation sites is 1. The van der Waals surface area contributed by atoms with Gasteiger partial charge in [-0.2, -0.15) is 0 Å². The molecule has 1 amide bonds. The van der Waals surface area contributed by atoms with Crippen molar-refractivity contribution in [2.45, 2.75) is 45.1 Å². The normalized spacial score (nSPS) is 18.9. The molecule has 2 atom stereocenters. The van der Waals surface area contributed by atoms with Crippen molar-refractivity contribution >= 4 is 17.9 Å². The highest BCUT2D eigenvalue weighted by atomic mass is 16.5. The minimum Gasteiger partial charge on any atom is -0.488 e. The van der Waals surface area contributed by atoms with E-state index in [0.717, 1.165) is 49.2 Å². The van der Waals surface area contributed by atoms with E-state index in [-0.39, 0.29) is 17.6 Å². The summed E-state index contributed by atoms with van der Waals surface area (Å²) in [5, 5.41) is 12.7. The second kappa shape index (κ2) is 14.3. The SMILES string of the molecule is CO/C(Nc1cccc(-c2cccc(C)c2OCc2ccc3c(c2)CCN(C2CCOCC2OC)C3)n1)=C(/C=N)C(=O)N=O. The monoisotopic (exact) mass is 599 g/mol. The number of nitroso groups, excluding NO2 is 1. The quantitative estimate of drug-likeness (QED) is 0.135. The van der Waals surface area contributed by atoms with Crippen molar-refractivity contribution in [3.05, 3.63) is 93.2 Å². The number of hydrogen-bond acceptors (Lipinski definition) is 10. The van der Waals surface area contributed by atoms with E-state index in [0.29, 0.717) is 42.7 Å². The van der Waals surface area contributed by atoms with Crippen molar-refractivity contribution in [1.29, 1.82) is 5.41 Å². The Kier molecular flexibility index (Phi) is 10.1. The zero-order chi connectivity index (χ0) is 31.1. The number of anilines is 1. The van der Waals surface area contributed by atoms with E-state index in [1.165, 1.54) is 18.2 Å². The first-order valence-electron chi connectivity index (χ1n) is 14.5. The Morgan fingerprint density at radius 1 is 1.18 bits per heavy atom. The van der Waals surface area contributed by atoms with Crippen LogP contribution in [0.25, 0.3) is 11.3 Å². The Morgan fingerprint density at radius 2 is 2.02 bits per heavy atom. The van der Waals surface area contributed by atoms with Crippen LogP contribution in [-0.4, -0.2) is 68.1 Å². The average molecular weight is 600 g/mol. The number of nitrogens with one attached hydrogen (secondary N) is 2. The molecule has 2 aromatic carbocycles. The molecule has 1 aromatic heterocycles. The van der Waals surface area contributed by atoms with Gasteiger partial charge in [-0.3, -0.25) is 9.69 Å². The fourth-order valence-corrected chi connectivity index (χ4v) is 5.82. The van der Waals surface area contributed by atoms with Crippen LogP contribution in [0, 0.1) is 17.2 Å². The van der Waals surface area contributed by atoms with Crippen LogP contribution in [0.3, 0.4) is 0 Å². The van der Waals surface area contributed by atoms with Gasteiger partial charge in [0.25, 0.3) is 0 Å². The summed E-state index contributed by atoms with van der Waals surface area (Å²) >= 11 is 0. The summed E-state index contributed by atoms with van der Waals surface area (Å²) in [6.07, 6.45) is 2.78. The third-order valence-electron chi connectivity index (χ3n) is 8.12. The van der Waals surface area contributed by atoms with Gasteiger partial charge in [0.2, 0.25) is 5.88 Å². The van der Waals surface area contributed by atoms with Gasteiger partial charge in [0.1, 0.15) is 23.7 Å². The van der Waals surface area contributed by atoms with E-state index in [4.69, 9.17) is 24.4 Å². The highest BCUT2D eigenvalue weighted by molar-refractivity contribution is 6.12. The van der Waals surface area contributed by atoms with Crippen LogP contribution in [0.1, 0.15) is 28.7 Å². The Hall–Kier alpha value is -4.45. The van der Waals surface area contributed by atoms with Crippen LogP contribution in [0.15, 0.2) is 71.2 Å². The lowest BCUT2D eigenvalue weighted by molar-refractivity contribution is -0.114. The Bertz CT molecular complexity index is 1560. The molecule has 0 bridgehead atoms. The van der Waals surface area contributed by atoms with Crippen LogP contribution < -0.4 is 10.1 Å². The molecule has 3 aromatic rings. The molecule has 1 saturated heterocycles. The molecule has 3 heterocycles. The number of aromatic nitrogens is 1. The molecule has 230 valence electrons. The van der Waals surface area contributed by atoms with E-state index in [9.17, 15) is 9.70 Å². The minimum absolute atomic E-state index is 0.100. The smallest absolute Gasteiger partial charge is 0.323 e. The summed E-state index contributed by atoms with van der Waals surface area (Å²) in [7, 11) is 3.09. The molecule has 5 rings (SSSR count). The highest BCUT2D eigenvalue weighted by Gasteiger charge is 2.32. The second-order valence-corrected chi connectivity index (χ2v) is 10.8. The van der Waals surface area contributed by atoms with Gasteiger partial charge in [-0.15, -0.1) is 4.91 Å². The average Bonchev–Trinajstić information content (AvgIpc) is 3.07. The number of benzene rings is 2. The molecule has 44 heavy (non-hydrogen) atoms. The summed E-state index contributed by atoms with van der Waals surface area (Å²) in [5.74, 6) is -0.148. The fourth-order valence-electron chi connectivity index (χ4n) is 5.82. The van der Waals surface area contributed by atoms with Gasteiger partial charge in [0, 0.05) is 49.8 Å². The van der Waals surface area contributed by atoms with Crippen molar-refractivity contribution in [1.82, 2.24) is 9.88 Å². The zero-order valence-electron chi connectivity index (χ0n) is 25.2. The Labute approximate surface area is 256 Å². The lowest BCUT2D eigenvalue weighted by Crippen LogP contribution is -2.51. The molecule has 11 heteroatoms. The van der Waals surface area contributed by atoms with Crippen molar-refractivity contribution in [2.75, 3.05) is 39.3 Å². The number of aryl methyl sites for hydroxylation is 1. The van der Waals surface area contributed by atoms with E-state index in [1.54, 1.807) is 19.2 Å². The molecule has 2 unspecified atom stereocenters. The lowest BCUT2D eigenvalue weighted by atomic mass is 9.94. The summed E-state index contributed by atoms with van der Waals surface area (Å²) in [6.45, 7) is 5.71. The number of ether oxygens (including phenoxy) is 4. The molecule has 1 fully saturated rings. The summed E-state index contributed by atoms with van der Waals surface area (Å²) in [4.78, 5) is 29.8. The third kappa shape index (κ3) is 6.85. The van der Waals surface area contributed by atoms with E-state index < -0.39 is 5.91 Å². The Balaban J connectivity index is 1.32. The third-order valence-corrected chi connectivity index (χ3v) is 8.12. The zero-order valence-corrected chi connectivity index (χ0v) is 25.2. The molecule has 11 nitrogen and oxygen atoms in total.